The summed E-state index contributed by atoms with van der Waals surface area (Å²) in [4.78, 5) is 20.5. The molecular weight excluding hydrogens is 284 g/mol. The topological polar surface area (TPSA) is 72.1 Å². The van der Waals surface area contributed by atoms with Crippen molar-refractivity contribution in [3.8, 4) is 11.3 Å². The lowest BCUT2D eigenvalue weighted by Crippen LogP contribution is -2.37. The van der Waals surface area contributed by atoms with Crippen molar-refractivity contribution in [2.45, 2.75) is 0 Å². The Morgan fingerprint density at radius 1 is 1.14 bits per heavy atom. The van der Waals surface area contributed by atoms with E-state index in [-0.39, 0.29) is 5.91 Å². The van der Waals surface area contributed by atoms with Crippen LogP contribution in [0, 0.1) is 0 Å². The van der Waals surface area contributed by atoms with Crippen molar-refractivity contribution < 1.29 is 4.79 Å². The van der Waals surface area contributed by atoms with E-state index in [9.17, 15) is 4.79 Å². The number of nitrogens with two attached hydrogens (primary N) is 1. The lowest BCUT2D eigenvalue weighted by atomic mass is 10.2. The molecule has 0 spiro atoms. The smallest absolute Gasteiger partial charge is 0.267 e. The fraction of sp³-hybridized carbons (Fsp3) is 0. The molecule has 0 bridgehead atoms. The van der Waals surface area contributed by atoms with Crippen LogP contribution >= 0.6 is 11.3 Å². The maximum atomic E-state index is 12.2. The number of amides is 1. The summed E-state index contributed by atoms with van der Waals surface area (Å²) >= 11 is 1.32. The number of aromatic nitrogens is 2. The Hall–Kier alpha value is -2.57. The molecule has 2 heterocycles. The summed E-state index contributed by atoms with van der Waals surface area (Å²) in [7, 11) is 0. The van der Waals surface area contributed by atoms with Crippen LogP contribution in [0.15, 0.2) is 60.2 Å². The molecule has 1 amide bonds. The molecule has 1 aromatic carbocycles. The van der Waals surface area contributed by atoms with Crippen LogP contribution in [0.2, 0.25) is 0 Å². The minimum atomic E-state index is -0.336. The summed E-state index contributed by atoms with van der Waals surface area (Å²) in [6.07, 6.45) is 3.09. The van der Waals surface area contributed by atoms with Crippen LogP contribution in [0.25, 0.3) is 11.3 Å². The standard InChI is InChI=1S/C15H12N4OS/c16-19(14(20)12-7-4-8-17-9-12)15-18-13(10-21-15)11-5-2-1-3-6-11/h1-10H,16H2. The van der Waals surface area contributed by atoms with E-state index in [4.69, 9.17) is 5.84 Å². The Labute approximate surface area is 125 Å². The van der Waals surface area contributed by atoms with Gasteiger partial charge in [0.2, 0.25) is 5.13 Å². The molecule has 0 radical (unpaired) electrons. The molecule has 0 aliphatic rings. The van der Waals surface area contributed by atoms with Gasteiger partial charge in [0.1, 0.15) is 0 Å². The quantitative estimate of drug-likeness (QED) is 0.458. The Bertz CT molecular complexity index is 743. The highest BCUT2D eigenvalue weighted by atomic mass is 32.1. The first-order valence-electron chi connectivity index (χ1n) is 6.26. The maximum Gasteiger partial charge on any atom is 0.276 e. The van der Waals surface area contributed by atoms with Crippen molar-refractivity contribution in [3.05, 3.63) is 65.8 Å². The number of benzene rings is 1. The number of anilines is 1. The van der Waals surface area contributed by atoms with Gasteiger partial charge in [-0.3, -0.25) is 9.78 Å². The molecule has 5 nitrogen and oxygen atoms in total. The first-order valence-corrected chi connectivity index (χ1v) is 7.14. The number of rotatable bonds is 3. The molecule has 6 heteroatoms. The predicted octanol–water partition coefficient (Wildman–Crippen LogP) is 2.73. The molecule has 0 saturated carbocycles. The van der Waals surface area contributed by atoms with Gasteiger partial charge in [-0.2, -0.15) is 0 Å². The van der Waals surface area contributed by atoms with Crippen LogP contribution in [0.4, 0.5) is 5.13 Å². The van der Waals surface area contributed by atoms with Crippen molar-refractivity contribution in [2.24, 2.45) is 5.84 Å². The van der Waals surface area contributed by atoms with E-state index >= 15 is 0 Å². The summed E-state index contributed by atoms with van der Waals surface area (Å²) in [5.41, 5.74) is 2.21. The van der Waals surface area contributed by atoms with Gasteiger partial charge in [0.25, 0.3) is 5.91 Å². The second-order valence-corrected chi connectivity index (χ2v) is 5.13. The highest BCUT2D eigenvalue weighted by Crippen LogP contribution is 2.26. The normalized spacial score (nSPS) is 10.3. The second-order valence-electron chi connectivity index (χ2n) is 4.30. The molecule has 0 fully saturated rings. The van der Waals surface area contributed by atoms with Crippen molar-refractivity contribution in [3.63, 3.8) is 0 Å². The molecule has 0 unspecified atom stereocenters. The van der Waals surface area contributed by atoms with Crippen LogP contribution in [-0.2, 0) is 0 Å². The summed E-state index contributed by atoms with van der Waals surface area (Å²) in [5.74, 6) is 5.53. The summed E-state index contributed by atoms with van der Waals surface area (Å²) in [6, 6.07) is 13.1. The lowest BCUT2D eigenvalue weighted by molar-refractivity contribution is 0.0986. The van der Waals surface area contributed by atoms with Gasteiger partial charge in [0, 0.05) is 23.3 Å². The number of carbonyl (C=O) groups is 1. The zero-order chi connectivity index (χ0) is 14.7. The highest BCUT2D eigenvalue weighted by molar-refractivity contribution is 7.14. The van der Waals surface area contributed by atoms with Gasteiger partial charge in [-0.25, -0.2) is 15.8 Å². The van der Waals surface area contributed by atoms with Crippen LogP contribution in [0.3, 0.4) is 0 Å². The fourth-order valence-corrected chi connectivity index (χ4v) is 2.58. The molecule has 3 aromatic rings. The van der Waals surface area contributed by atoms with Crippen molar-refractivity contribution in [2.75, 3.05) is 5.01 Å². The number of nitrogens with zero attached hydrogens (tertiary/aromatic N) is 3. The number of hydrazine groups is 1. The average molecular weight is 296 g/mol. The minimum absolute atomic E-state index is 0.336. The van der Waals surface area contributed by atoms with Gasteiger partial charge in [-0.15, -0.1) is 11.3 Å². The zero-order valence-electron chi connectivity index (χ0n) is 11.0. The van der Waals surface area contributed by atoms with Crippen LogP contribution < -0.4 is 10.9 Å². The molecule has 0 aliphatic carbocycles. The Morgan fingerprint density at radius 3 is 2.67 bits per heavy atom. The van der Waals surface area contributed by atoms with Crippen molar-refractivity contribution >= 4 is 22.4 Å². The van der Waals surface area contributed by atoms with Crippen LogP contribution in [0.5, 0.6) is 0 Å². The molecule has 0 aliphatic heterocycles. The lowest BCUT2D eigenvalue weighted by Gasteiger charge is -2.12. The van der Waals surface area contributed by atoms with Gasteiger partial charge >= 0.3 is 0 Å². The molecule has 2 aromatic heterocycles. The van der Waals surface area contributed by atoms with Crippen molar-refractivity contribution in [1.29, 1.82) is 0 Å². The van der Waals surface area contributed by atoms with Crippen LogP contribution in [0.1, 0.15) is 10.4 Å². The first kappa shape index (κ1) is 13.4. The van der Waals surface area contributed by atoms with Crippen LogP contribution in [-0.4, -0.2) is 15.9 Å². The van der Waals surface area contributed by atoms with E-state index in [2.05, 4.69) is 9.97 Å². The molecule has 104 valence electrons. The largest absolute Gasteiger partial charge is 0.276 e. The van der Waals surface area contributed by atoms with Gasteiger partial charge in [-0.1, -0.05) is 30.3 Å². The Morgan fingerprint density at radius 2 is 1.95 bits per heavy atom. The molecule has 21 heavy (non-hydrogen) atoms. The van der Waals surface area contributed by atoms with E-state index < -0.39 is 0 Å². The predicted molar refractivity (Wildman–Crippen MR) is 82.8 cm³/mol. The minimum Gasteiger partial charge on any atom is -0.267 e. The number of thiazole rings is 1. The number of carbonyl (C=O) groups excluding carboxylic acids is 1. The molecular formula is C15H12N4OS. The molecule has 0 atom stereocenters. The van der Waals surface area contributed by atoms with E-state index in [0.29, 0.717) is 10.7 Å². The maximum absolute atomic E-state index is 12.2. The summed E-state index contributed by atoms with van der Waals surface area (Å²) < 4.78 is 0. The van der Waals surface area contributed by atoms with Gasteiger partial charge in [0.15, 0.2) is 0 Å². The fourth-order valence-electron chi connectivity index (χ4n) is 1.83. The summed E-state index contributed by atoms with van der Waals surface area (Å²) in [5, 5.41) is 3.37. The number of hydrogen-bond acceptors (Lipinski definition) is 5. The second kappa shape index (κ2) is 5.82. The molecule has 3 rings (SSSR count). The first-order chi connectivity index (χ1) is 10.3. The Balaban J connectivity index is 1.85. The zero-order valence-corrected chi connectivity index (χ0v) is 11.8. The number of pyridine rings is 1. The Kier molecular flexibility index (Phi) is 3.72. The van der Waals surface area contributed by atoms with E-state index in [0.717, 1.165) is 16.3 Å². The molecule has 0 saturated heterocycles. The van der Waals surface area contributed by atoms with Gasteiger partial charge in [-0.05, 0) is 12.1 Å². The van der Waals surface area contributed by atoms with Gasteiger partial charge in [0.05, 0.1) is 11.3 Å². The van der Waals surface area contributed by atoms with Gasteiger partial charge < -0.3 is 0 Å². The summed E-state index contributed by atoms with van der Waals surface area (Å²) in [6.45, 7) is 0. The monoisotopic (exact) mass is 296 g/mol. The number of hydrogen-bond donors (Lipinski definition) is 1. The van der Waals surface area contributed by atoms with E-state index in [1.165, 1.54) is 17.5 Å². The van der Waals surface area contributed by atoms with E-state index in [1.807, 2.05) is 35.7 Å². The SMILES string of the molecule is NN(C(=O)c1cccnc1)c1nc(-c2ccccc2)cs1. The van der Waals surface area contributed by atoms with E-state index in [1.54, 1.807) is 18.3 Å². The van der Waals surface area contributed by atoms with Crippen molar-refractivity contribution in [1.82, 2.24) is 9.97 Å². The third kappa shape index (κ3) is 2.81. The average Bonchev–Trinajstić information content (AvgIpc) is 3.05. The highest BCUT2D eigenvalue weighted by Gasteiger charge is 2.17. The third-order valence-corrected chi connectivity index (χ3v) is 3.73. The third-order valence-electron chi connectivity index (χ3n) is 2.89. The molecule has 2 N–H and O–H groups in total.